The normalized spacial score (nSPS) is 36.1. The quantitative estimate of drug-likeness (QED) is 0.788. The molecular formula is C15H24N2O2. The van der Waals surface area contributed by atoms with Crippen molar-refractivity contribution in [3.8, 4) is 0 Å². The predicted molar refractivity (Wildman–Crippen MR) is 72.5 cm³/mol. The monoisotopic (exact) mass is 264 g/mol. The summed E-state index contributed by atoms with van der Waals surface area (Å²) < 4.78 is 0. The van der Waals surface area contributed by atoms with Gasteiger partial charge in [0.15, 0.2) is 0 Å². The van der Waals surface area contributed by atoms with Crippen LogP contribution < -0.4 is 5.32 Å². The second kappa shape index (κ2) is 5.23. The summed E-state index contributed by atoms with van der Waals surface area (Å²) in [5.41, 5.74) is 0. The van der Waals surface area contributed by atoms with Gasteiger partial charge in [0, 0.05) is 12.1 Å². The first-order valence-electron chi connectivity index (χ1n) is 7.81. The number of amides is 2. The molecule has 106 valence electrons. The molecule has 0 aromatic carbocycles. The maximum atomic E-state index is 12.3. The van der Waals surface area contributed by atoms with Gasteiger partial charge >= 0.3 is 0 Å². The molecule has 0 aromatic rings. The maximum absolute atomic E-state index is 12.3. The van der Waals surface area contributed by atoms with Crippen molar-refractivity contribution >= 4 is 11.8 Å². The highest BCUT2D eigenvalue weighted by molar-refractivity contribution is 6.06. The van der Waals surface area contributed by atoms with Gasteiger partial charge in [-0.05, 0) is 31.6 Å². The van der Waals surface area contributed by atoms with Crippen molar-refractivity contribution in [3.05, 3.63) is 0 Å². The van der Waals surface area contributed by atoms with E-state index in [0.29, 0.717) is 12.5 Å². The fraction of sp³-hybridized carbons (Fsp3) is 0.867. The van der Waals surface area contributed by atoms with E-state index in [1.165, 1.54) is 24.2 Å². The van der Waals surface area contributed by atoms with E-state index in [1.807, 2.05) is 0 Å². The van der Waals surface area contributed by atoms with E-state index >= 15 is 0 Å². The van der Waals surface area contributed by atoms with Crippen molar-refractivity contribution in [2.45, 2.75) is 76.4 Å². The van der Waals surface area contributed by atoms with Gasteiger partial charge in [0.2, 0.25) is 11.8 Å². The molecule has 1 aliphatic heterocycles. The molecule has 2 aliphatic carbocycles. The lowest BCUT2D eigenvalue weighted by atomic mass is 9.84. The van der Waals surface area contributed by atoms with E-state index in [4.69, 9.17) is 0 Å². The molecular weight excluding hydrogens is 240 g/mol. The van der Waals surface area contributed by atoms with Gasteiger partial charge in [-0.2, -0.15) is 0 Å². The third-order valence-electron chi connectivity index (χ3n) is 4.89. The zero-order chi connectivity index (χ0) is 13.4. The molecule has 19 heavy (non-hydrogen) atoms. The Morgan fingerprint density at radius 3 is 2.68 bits per heavy atom. The second-order valence-corrected chi connectivity index (χ2v) is 6.39. The van der Waals surface area contributed by atoms with Gasteiger partial charge in [0.05, 0.1) is 12.5 Å². The molecule has 1 N–H and O–H groups in total. The van der Waals surface area contributed by atoms with Crippen LogP contribution in [-0.4, -0.2) is 34.8 Å². The molecule has 4 heteroatoms. The highest BCUT2D eigenvalue weighted by Crippen LogP contribution is 2.32. The third-order valence-corrected chi connectivity index (χ3v) is 4.89. The molecule has 3 fully saturated rings. The lowest BCUT2D eigenvalue weighted by Crippen LogP contribution is -2.45. The van der Waals surface area contributed by atoms with E-state index in [0.717, 1.165) is 31.6 Å². The molecule has 0 radical (unpaired) electrons. The number of carbonyl (C=O) groups is 2. The van der Waals surface area contributed by atoms with Crippen LogP contribution in [-0.2, 0) is 9.59 Å². The van der Waals surface area contributed by atoms with Crippen molar-refractivity contribution in [2.24, 2.45) is 5.92 Å². The summed E-state index contributed by atoms with van der Waals surface area (Å²) >= 11 is 0. The van der Waals surface area contributed by atoms with Gasteiger partial charge in [-0.3, -0.25) is 14.5 Å². The van der Waals surface area contributed by atoms with Crippen molar-refractivity contribution < 1.29 is 9.59 Å². The summed E-state index contributed by atoms with van der Waals surface area (Å²) in [4.78, 5) is 25.7. The highest BCUT2D eigenvalue weighted by atomic mass is 16.2. The largest absolute Gasteiger partial charge is 0.303 e. The summed E-state index contributed by atoms with van der Waals surface area (Å²) in [7, 11) is 0. The Balaban J connectivity index is 1.58. The topological polar surface area (TPSA) is 49.4 Å². The zero-order valence-electron chi connectivity index (χ0n) is 11.7. The summed E-state index contributed by atoms with van der Waals surface area (Å²) in [6, 6.07) is 0.412. The van der Waals surface area contributed by atoms with Gasteiger partial charge in [-0.25, -0.2) is 0 Å². The smallest absolute Gasteiger partial charge is 0.247 e. The first-order valence-corrected chi connectivity index (χ1v) is 7.81. The Morgan fingerprint density at radius 1 is 1.21 bits per heavy atom. The fourth-order valence-corrected chi connectivity index (χ4v) is 3.60. The average molecular weight is 264 g/mol. The van der Waals surface area contributed by atoms with Crippen LogP contribution in [0.15, 0.2) is 0 Å². The van der Waals surface area contributed by atoms with Crippen LogP contribution in [0.3, 0.4) is 0 Å². The van der Waals surface area contributed by atoms with Gasteiger partial charge in [-0.1, -0.05) is 26.2 Å². The molecule has 2 saturated carbocycles. The van der Waals surface area contributed by atoms with E-state index < -0.39 is 0 Å². The number of likely N-dealkylation sites (tertiary alicyclic amines) is 1. The molecule has 0 aromatic heterocycles. The minimum atomic E-state index is -0.242. The molecule has 3 aliphatic rings. The molecule has 0 spiro atoms. The second-order valence-electron chi connectivity index (χ2n) is 6.39. The number of carbonyl (C=O) groups excluding carboxylic acids is 2. The van der Waals surface area contributed by atoms with Crippen LogP contribution in [0, 0.1) is 5.92 Å². The summed E-state index contributed by atoms with van der Waals surface area (Å²) in [5, 5.41) is 3.46. The lowest BCUT2D eigenvalue weighted by Gasteiger charge is -2.30. The maximum Gasteiger partial charge on any atom is 0.247 e. The van der Waals surface area contributed by atoms with Crippen LogP contribution in [0.4, 0.5) is 0 Å². The number of hydrogen-bond acceptors (Lipinski definition) is 3. The molecule has 2 amide bonds. The van der Waals surface area contributed by atoms with Crippen LogP contribution in [0.2, 0.25) is 0 Å². The minimum absolute atomic E-state index is 0.0334. The van der Waals surface area contributed by atoms with Gasteiger partial charge < -0.3 is 5.32 Å². The SMILES string of the molecule is CCC1CCCC(NC2CC(=O)N(C3CC3)C2=O)C1. The van der Waals surface area contributed by atoms with Crippen molar-refractivity contribution in [1.29, 1.82) is 0 Å². The third kappa shape index (κ3) is 2.69. The van der Waals surface area contributed by atoms with Crippen LogP contribution in [0.25, 0.3) is 0 Å². The molecule has 3 rings (SSSR count). The Hall–Kier alpha value is -0.900. The van der Waals surface area contributed by atoms with E-state index in [2.05, 4.69) is 12.2 Å². The van der Waals surface area contributed by atoms with E-state index in [9.17, 15) is 9.59 Å². The van der Waals surface area contributed by atoms with E-state index in [-0.39, 0.29) is 23.9 Å². The molecule has 3 atom stereocenters. The van der Waals surface area contributed by atoms with Crippen LogP contribution in [0.1, 0.15) is 58.3 Å². The molecule has 0 bridgehead atoms. The van der Waals surface area contributed by atoms with Gasteiger partial charge in [-0.15, -0.1) is 0 Å². The Bertz CT molecular complexity index is 378. The number of nitrogens with zero attached hydrogens (tertiary/aromatic N) is 1. The molecule has 3 unspecified atom stereocenters. The van der Waals surface area contributed by atoms with Gasteiger partial charge in [0.1, 0.15) is 0 Å². The summed E-state index contributed by atoms with van der Waals surface area (Å²) in [5.74, 6) is 0.858. The number of rotatable bonds is 4. The van der Waals surface area contributed by atoms with Crippen molar-refractivity contribution in [1.82, 2.24) is 10.2 Å². The number of hydrogen-bond donors (Lipinski definition) is 1. The van der Waals surface area contributed by atoms with Gasteiger partial charge in [0.25, 0.3) is 0 Å². The van der Waals surface area contributed by atoms with Crippen molar-refractivity contribution in [3.63, 3.8) is 0 Å². The number of imide groups is 1. The first kappa shape index (κ1) is 13.1. The molecule has 4 nitrogen and oxygen atoms in total. The lowest BCUT2D eigenvalue weighted by molar-refractivity contribution is -0.139. The number of nitrogens with one attached hydrogen (secondary N) is 1. The van der Waals surface area contributed by atoms with Crippen molar-refractivity contribution in [2.75, 3.05) is 0 Å². The van der Waals surface area contributed by atoms with Crippen LogP contribution >= 0.6 is 0 Å². The highest BCUT2D eigenvalue weighted by Gasteiger charge is 2.46. The predicted octanol–water partition coefficient (Wildman–Crippen LogP) is 1.83. The zero-order valence-corrected chi connectivity index (χ0v) is 11.7. The fourth-order valence-electron chi connectivity index (χ4n) is 3.60. The first-order chi connectivity index (χ1) is 9.19. The Kier molecular flexibility index (Phi) is 3.61. The minimum Gasteiger partial charge on any atom is -0.303 e. The van der Waals surface area contributed by atoms with Crippen LogP contribution in [0.5, 0.6) is 0 Å². The molecule has 1 heterocycles. The Morgan fingerprint density at radius 2 is 2.00 bits per heavy atom. The summed E-state index contributed by atoms with van der Waals surface area (Å²) in [6.45, 7) is 2.24. The standard InChI is InChI=1S/C15H24N2O2/c1-2-10-4-3-5-11(8-10)16-13-9-14(18)17(15(13)19)12-6-7-12/h10-13,16H,2-9H2,1H3. The Labute approximate surface area is 114 Å². The molecule has 1 saturated heterocycles. The average Bonchev–Trinajstić information content (AvgIpc) is 3.19. The van der Waals surface area contributed by atoms with E-state index in [1.54, 1.807) is 0 Å². The summed E-state index contributed by atoms with van der Waals surface area (Å²) in [6.07, 6.45) is 8.50.